The number of aliphatic imine (C=N–C) groups is 1. The molecule has 0 bridgehead atoms. The van der Waals surface area contributed by atoms with Crippen molar-refractivity contribution in [2.45, 2.75) is 27.7 Å². The lowest BCUT2D eigenvalue weighted by atomic mass is 9.96. The predicted molar refractivity (Wildman–Crippen MR) is 66.5 cm³/mol. The molecular formula is C12H17NS. The van der Waals surface area contributed by atoms with Crippen molar-refractivity contribution < 1.29 is 0 Å². The third kappa shape index (κ3) is 2.18. The van der Waals surface area contributed by atoms with E-state index in [1.165, 1.54) is 16.7 Å². The number of allylic oxidation sites excluding steroid dienone is 2. The minimum Gasteiger partial charge on any atom is -0.250 e. The van der Waals surface area contributed by atoms with Gasteiger partial charge >= 0.3 is 0 Å². The summed E-state index contributed by atoms with van der Waals surface area (Å²) in [4.78, 5) is 4.29. The Hall–Kier alpha value is -0.760. The molecule has 0 aromatic rings. The van der Waals surface area contributed by atoms with Crippen molar-refractivity contribution in [1.29, 1.82) is 0 Å². The zero-order chi connectivity index (χ0) is 10.7. The summed E-state index contributed by atoms with van der Waals surface area (Å²) in [6, 6.07) is 0. The first-order valence-electron chi connectivity index (χ1n) is 4.81. The molecule has 1 heterocycles. The quantitative estimate of drug-likeness (QED) is 0.662. The van der Waals surface area contributed by atoms with Crippen LogP contribution in [0.1, 0.15) is 27.7 Å². The van der Waals surface area contributed by atoms with Gasteiger partial charge in [0.2, 0.25) is 0 Å². The molecular weight excluding hydrogens is 190 g/mol. The van der Waals surface area contributed by atoms with E-state index in [0.29, 0.717) is 5.92 Å². The fraction of sp³-hybridized carbons (Fsp3) is 0.417. The Morgan fingerprint density at radius 1 is 1.57 bits per heavy atom. The van der Waals surface area contributed by atoms with Crippen LogP contribution in [0.15, 0.2) is 39.9 Å². The van der Waals surface area contributed by atoms with Crippen LogP contribution in [0.5, 0.6) is 0 Å². The Kier molecular flexibility index (Phi) is 3.76. The summed E-state index contributed by atoms with van der Waals surface area (Å²) in [6.45, 7) is 12.4. The number of hydrogen-bond acceptors (Lipinski definition) is 2. The molecule has 0 atom stereocenters. The second kappa shape index (κ2) is 4.65. The van der Waals surface area contributed by atoms with Crippen molar-refractivity contribution in [2.24, 2.45) is 10.9 Å². The molecule has 0 fully saturated rings. The number of hydrogen-bond donors (Lipinski definition) is 0. The fourth-order valence-electron chi connectivity index (χ4n) is 1.38. The Balaban J connectivity index is 3.16. The Labute approximate surface area is 90.7 Å². The first kappa shape index (κ1) is 11.3. The van der Waals surface area contributed by atoms with Gasteiger partial charge in [0, 0.05) is 11.8 Å². The number of rotatable bonds is 2. The molecule has 1 nitrogen and oxygen atoms in total. The second-order valence-corrected chi connectivity index (χ2v) is 4.61. The SMILES string of the molecule is C=CN=C1SC=C(C)/C1=C(/C)C(C)C. The molecule has 2 heteroatoms. The first-order valence-corrected chi connectivity index (χ1v) is 5.69. The molecule has 0 saturated carbocycles. The van der Waals surface area contributed by atoms with Crippen molar-refractivity contribution in [3.63, 3.8) is 0 Å². The van der Waals surface area contributed by atoms with E-state index in [1.54, 1.807) is 18.0 Å². The van der Waals surface area contributed by atoms with E-state index in [0.717, 1.165) is 5.04 Å². The maximum Gasteiger partial charge on any atom is 0.108 e. The molecule has 0 aliphatic carbocycles. The van der Waals surface area contributed by atoms with Crippen LogP contribution in [0.2, 0.25) is 0 Å². The van der Waals surface area contributed by atoms with Crippen molar-refractivity contribution in [3.8, 4) is 0 Å². The van der Waals surface area contributed by atoms with Gasteiger partial charge in [-0.2, -0.15) is 0 Å². The predicted octanol–water partition coefficient (Wildman–Crippen LogP) is 4.15. The molecule has 1 rings (SSSR count). The van der Waals surface area contributed by atoms with E-state index < -0.39 is 0 Å². The lowest BCUT2D eigenvalue weighted by molar-refractivity contribution is 0.764. The van der Waals surface area contributed by atoms with Gasteiger partial charge in [-0.3, -0.25) is 0 Å². The largest absolute Gasteiger partial charge is 0.250 e. The molecule has 0 aromatic carbocycles. The van der Waals surface area contributed by atoms with Crippen LogP contribution in [-0.2, 0) is 0 Å². The van der Waals surface area contributed by atoms with Gasteiger partial charge in [-0.25, -0.2) is 4.99 Å². The minimum absolute atomic E-state index is 0.571. The summed E-state index contributed by atoms with van der Waals surface area (Å²) in [5, 5.41) is 3.24. The molecule has 0 unspecified atom stereocenters. The highest BCUT2D eigenvalue weighted by Gasteiger charge is 2.19. The van der Waals surface area contributed by atoms with E-state index in [-0.39, 0.29) is 0 Å². The van der Waals surface area contributed by atoms with E-state index in [9.17, 15) is 0 Å². The maximum absolute atomic E-state index is 4.29. The standard InChI is InChI=1S/C12H17NS/c1-6-13-12-11(9(4)7-14-12)10(5)8(2)3/h6-8H,1H2,2-5H3/b11-10+,13-12?. The van der Waals surface area contributed by atoms with E-state index in [4.69, 9.17) is 0 Å². The van der Waals surface area contributed by atoms with E-state index in [1.807, 2.05) is 0 Å². The summed E-state index contributed by atoms with van der Waals surface area (Å²) in [7, 11) is 0. The van der Waals surface area contributed by atoms with Gasteiger partial charge in [-0.05, 0) is 30.7 Å². The number of nitrogens with zero attached hydrogens (tertiary/aromatic N) is 1. The molecule has 0 spiro atoms. The van der Waals surface area contributed by atoms with Crippen LogP contribution < -0.4 is 0 Å². The zero-order valence-electron chi connectivity index (χ0n) is 9.29. The summed E-state index contributed by atoms with van der Waals surface area (Å²) < 4.78 is 0. The monoisotopic (exact) mass is 207 g/mol. The third-order valence-corrected chi connectivity index (χ3v) is 3.43. The van der Waals surface area contributed by atoms with Crippen LogP contribution in [-0.4, -0.2) is 5.04 Å². The average molecular weight is 207 g/mol. The van der Waals surface area contributed by atoms with Gasteiger partial charge in [0.1, 0.15) is 5.04 Å². The average Bonchev–Trinajstić information content (AvgIpc) is 2.47. The topological polar surface area (TPSA) is 12.4 Å². The highest BCUT2D eigenvalue weighted by molar-refractivity contribution is 8.17. The normalized spacial score (nSPS) is 22.9. The highest BCUT2D eigenvalue weighted by Crippen LogP contribution is 2.34. The Morgan fingerprint density at radius 3 is 2.71 bits per heavy atom. The van der Waals surface area contributed by atoms with Crippen LogP contribution in [0.4, 0.5) is 0 Å². The van der Waals surface area contributed by atoms with Gasteiger partial charge in [-0.1, -0.05) is 37.8 Å². The lowest BCUT2D eigenvalue weighted by Gasteiger charge is -2.11. The Morgan fingerprint density at radius 2 is 2.21 bits per heavy atom. The van der Waals surface area contributed by atoms with Gasteiger partial charge in [-0.15, -0.1) is 0 Å². The van der Waals surface area contributed by atoms with Crippen LogP contribution in [0, 0.1) is 5.92 Å². The zero-order valence-corrected chi connectivity index (χ0v) is 10.1. The van der Waals surface area contributed by atoms with Gasteiger partial charge in [0.25, 0.3) is 0 Å². The molecule has 0 amide bonds. The molecule has 76 valence electrons. The van der Waals surface area contributed by atoms with Crippen LogP contribution >= 0.6 is 11.8 Å². The summed E-state index contributed by atoms with van der Waals surface area (Å²) in [6.07, 6.45) is 1.61. The van der Waals surface area contributed by atoms with Gasteiger partial charge < -0.3 is 0 Å². The van der Waals surface area contributed by atoms with E-state index >= 15 is 0 Å². The molecule has 0 N–H and O–H groups in total. The summed E-state index contributed by atoms with van der Waals surface area (Å²) in [5.41, 5.74) is 4.04. The summed E-state index contributed by atoms with van der Waals surface area (Å²) >= 11 is 1.69. The first-order chi connectivity index (χ1) is 6.57. The van der Waals surface area contributed by atoms with Crippen LogP contribution in [0.3, 0.4) is 0 Å². The minimum atomic E-state index is 0.571. The smallest absolute Gasteiger partial charge is 0.108 e. The summed E-state index contributed by atoms with van der Waals surface area (Å²) in [5.74, 6) is 0.571. The molecule has 1 aliphatic heterocycles. The highest BCUT2D eigenvalue weighted by atomic mass is 32.2. The fourth-order valence-corrected chi connectivity index (χ4v) is 2.36. The second-order valence-electron chi connectivity index (χ2n) is 3.75. The molecule has 0 aromatic heterocycles. The van der Waals surface area contributed by atoms with Crippen molar-refractivity contribution >= 4 is 16.8 Å². The maximum atomic E-state index is 4.29. The molecule has 0 saturated heterocycles. The van der Waals surface area contributed by atoms with Crippen LogP contribution in [0.25, 0.3) is 0 Å². The van der Waals surface area contributed by atoms with Crippen molar-refractivity contribution in [3.05, 3.63) is 34.9 Å². The van der Waals surface area contributed by atoms with Crippen molar-refractivity contribution in [1.82, 2.24) is 0 Å². The van der Waals surface area contributed by atoms with E-state index in [2.05, 4.69) is 44.7 Å². The Bertz CT molecular complexity index is 332. The molecule has 1 aliphatic rings. The number of thioether (sulfide) groups is 1. The molecule has 14 heavy (non-hydrogen) atoms. The molecule has 0 radical (unpaired) electrons. The van der Waals surface area contributed by atoms with Crippen molar-refractivity contribution in [2.75, 3.05) is 0 Å². The lowest BCUT2D eigenvalue weighted by Crippen LogP contribution is -2.01. The third-order valence-electron chi connectivity index (χ3n) is 2.42. The van der Waals surface area contributed by atoms with Gasteiger partial charge in [0.05, 0.1) is 0 Å². The van der Waals surface area contributed by atoms with Gasteiger partial charge in [0.15, 0.2) is 0 Å².